The Morgan fingerprint density at radius 3 is 2.88 bits per heavy atom. The summed E-state index contributed by atoms with van der Waals surface area (Å²) in [6, 6.07) is 6.52. The summed E-state index contributed by atoms with van der Waals surface area (Å²) >= 11 is 1.75. The number of fused-ring (bicyclic) bond motifs is 1. The fourth-order valence-corrected chi connectivity index (χ4v) is 3.59. The number of aliphatic hydroxyl groups excluding tert-OH is 1. The van der Waals surface area contributed by atoms with Gasteiger partial charge in [0.2, 0.25) is 0 Å². The smallest absolute Gasteiger partial charge is 0.0907 e. The maximum atomic E-state index is 9.51. The van der Waals surface area contributed by atoms with Crippen molar-refractivity contribution >= 4 is 21.6 Å². The summed E-state index contributed by atoms with van der Waals surface area (Å²) in [6.07, 6.45) is 4.62. The molecule has 1 aromatic carbocycles. The molecular formula is C14H17NOS. The quantitative estimate of drug-likeness (QED) is 0.902. The molecule has 17 heavy (non-hydrogen) atoms. The van der Waals surface area contributed by atoms with Gasteiger partial charge in [-0.3, -0.25) is 0 Å². The number of aliphatic hydroxyl groups is 1. The molecule has 2 aromatic rings. The third kappa shape index (κ3) is 1.98. The van der Waals surface area contributed by atoms with Crippen molar-refractivity contribution in [2.24, 2.45) is 5.41 Å². The number of rotatable bonds is 3. The van der Waals surface area contributed by atoms with E-state index in [2.05, 4.69) is 23.2 Å². The minimum Gasteiger partial charge on any atom is -0.396 e. The fourth-order valence-electron chi connectivity index (χ4n) is 2.69. The molecule has 1 saturated carbocycles. The van der Waals surface area contributed by atoms with Crippen LogP contribution in [0, 0.1) is 12.3 Å². The van der Waals surface area contributed by atoms with E-state index in [1.807, 2.05) is 6.92 Å². The Morgan fingerprint density at radius 1 is 1.41 bits per heavy atom. The Kier molecular flexibility index (Phi) is 2.68. The zero-order valence-corrected chi connectivity index (χ0v) is 10.9. The van der Waals surface area contributed by atoms with Crippen molar-refractivity contribution in [2.75, 3.05) is 6.61 Å². The molecule has 1 aromatic heterocycles. The summed E-state index contributed by atoms with van der Waals surface area (Å²) in [4.78, 5) is 4.47. The van der Waals surface area contributed by atoms with Gasteiger partial charge in [-0.2, -0.15) is 0 Å². The van der Waals surface area contributed by atoms with E-state index in [9.17, 15) is 5.11 Å². The highest BCUT2D eigenvalue weighted by atomic mass is 32.1. The van der Waals surface area contributed by atoms with Crippen molar-refractivity contribution < 1.29 is 5.11 Å². The van der Waals surface area contributed by atoms with Crippen LogP contribution in [0.2, 0.25) is 0 Å². The molecule has 0 unspecified atom stereocenters. The van der Waals surface area contributed by atoms with Gasteiger partial charge in [-0.15, -0.1) is 11.3 Å². The van der Waals surface area contributed by atoms with Gasteiger partial charge in [0, 0.05) is 6.61 Å². The molecule has 0 atom stereocenters. The van der Waals surface area contributed by atoms with Gasteiger partial charge in [0.15, 0.2) is 0 Å². The first-order valence-electron chi connectivity index (χ1n) is 6.18. The van der Waals surface area contributed by atoms with Gasteiger partial charge < -0.3 is 5.11 Å². The molecular weight excluding hydrogens is 230 g/mol. The van der Waals surface area contributed by atoms with E-state index in [-0.39, 0.29) is 5.41 Å². The van der Waals surface area contributed by atoms with Gasteiger partial charge in [-0.05, 0) is 49.3 Å². The van der Waals surface area contributed by atoms with Crippen LogP contribution >= 0.6 is 11.3 Å². The molecule has 0 saturated heterocycles. The highest BCUT2D eigenvalue weighted by molar-refractivity contribution is 7.18. The number of aryl methyl sites for hydroxylation is 1. The van der Waals surface area contributed by atoms with Gasteiger partial charge in [-0.25, -0.2) is 4.98 Å². The van der Waals surface area contributed by atoms with Crippen LogP contribution in [0.25, 0.3) is 10.2 Å². The van der Waals surface area contributed by atoms with Crippen LogP contribution < -0.4 is 0 Å². The zero-order chi connectivity index (χ0) is 11.9. The monoisotopic (exact) mass is 247 g/mol. The normalized spacial score (nSPS) is 18.2. The second-order valence-corrected chi connectivity index (χ2v) is 6.46. The van der Waals surface area contributed by atoms with E-state index in [1.54, 1.807) is 11.3 Å². The first kappa shape index (κ1) is 11.2. The molecule has 0 bridgehead atoms. The van der Waals surface area contributed by atoms with Crippen LogP contribution in [0.15, 0.2) is 18.2 Å². The number of hydrogen-bond acceptors (Lipinski definition) is 3. The van der Waals surface area contributed by atoms with E-state index < -0.39 is 0 Å². The van der Waals surface area contributed by atoms with Gasteiger partial charge in [-0.1, -0.05) is 12.5 Å². The van der Waals surface area contributed by atoms with Crippen LogP contribution in [-0.2, 0) is 6.42 Å². The average Bonchev–Trinajstić information content (AvgIpc) is 2.63. The third-order valence-corrected chi connectivity index (χ3v) is 4.82. The maximum Gasteiger partial charge on any atom is 0.0907 e. The summed E-state index contributed by atoms with van der Waals surface area (Å²) in [5, 5.41) is 10.6. The van der Waals surface area contributed by atoms with E-state index in [0.29, 0.717) is 6.61 Å². The number of nitrogens with zero attached hydrogens (tertiary/aromatic N) is 1. The Balaban J connectivity index is 1.90. The predicted octanol–water partition coefficient (Wildman–Crippen LogP) is 3.31. The Hall–Kier alpha value is -0.930. The van der Waals surface area contributed by atoms with Gasteiger partial charge in [0.25, 0.3) is 0 Å². The molecule has 90 valence electrons. The van der Waals surface area contributed by atoms with Crippen molar-refractivity contribution in [3.63, 3.8) is 0 Å². The predicted molar refractivity (Wildman–Crippen MR) is 71.4 cm³/mol. The lowest BCUT2D eigenvalue weighted by molar-refractivity contribution is 0.0451. The van der Waals surface area contributed by atoms with Gasteiger partial charge in [0.05, 0.1) is 15.2 Å². The highest BCUT2D eigenvalue weighted by Crippen LogP contribution is 2.43. The van der Waals surface area contributed by atoms with Crippen molar-refractivity contribution in [3.05, 3.63) is 28.8 Å². The van der Waals surface area contributed by atoms with Crippen LogP contribution in [0.4, 0.5) is 0 Å². The van der Waals surface area contributed by atoms with Crippen LogP contribution in [0.3, 0.4) is 0 Å². The second kappa shape index (κ2) is 4.07. The lowest BCUT2D eigenvalue weighted by atomic mass is 9.66. The Morgan fingerprint density at radius 2 is 2.24 bits per heavy atom. The van der Waals surface area contributed by atoms with Gasteiger partial charge in [0.1, 0.15) is 0 Å². The summed E-state index contributed by atoms with van der Waals surface area (Å²) < 4.78 is 1.27. The average molecular weight is 247 g/mol. The van der Waals surface area contributed by atoms with Crippen molar-refractivity contribution in [3.8, 4) is 0 Å². The molecule has 0 radical (unpaired) electrons. The van der Waals surface area contributed by atoms with Crippen LogP contribution in [0.5, 0.6) is 0 Å². The molecule has 3 heteroatoms. The van der Waals surface area contributed by atoms with Crippen LogP contribution in [-0.4, -0.2) is 16.7 Å². The first-order valence-corrected chi connectivity index (χ1v) is 6.99. The molecule has 1 fully saturated rings. The Bertz CT molecular complexity index is 537. The molecule has 0 spiro atoms. The molecule has 0 aliphatic heterocycles. The van der Waals surface area contributed by atoms with Crippen molar-refractivity contribution in [1.29, 1.82) is 0 Å². The molecule has 0 amide bonds. The summed E-state index contributed by atoms with van der Waals surface area (Å²) in [6.45, 7) is 2.37. The van der Waals surface area contributed by atoms with E-state index >= 15 is 0 Å². The maximum absolute atomic E-state index is 9.51. The third-order valence-electron chi connectivity index (χ3n) is 3.89. The van der Waals surface area contributed by atoms with Crippen molar-refractivity contribution in [2.45, 2.75) is 32.6 Å². The molecule has 2 nitrogen and oxygen atoms in total. The number of aromatic nitrogens is 1. The lowest BCUT2D eigenvalue weighted by Crippen LogP contribution is -2.35. The minimum atomic E-state index is 0.174. The SMILES string of the molecule is Cc1nc2ccc(CC3(CO)CCC3)cc2s1. The first-order chi connectivity index (χ1) is 8.21. The summed E-state index contributed by atoms with van der Waals surface area (Å²) in [7, 11) is 0. The lowest BCUT2D eigenvalue weighted by Gasteiger charge is -2.40. The number of thiazole rings is 1. The second-order valence-electron chi connectivity index (χ2n) is 5.22. The molecule has 1 N–H and O–H groups in total. The molecule has 1 heterocycles. The standard InChI is InChI=1S/C14H17NOS/c1-10-15-12-4-3-11(7-13(12)17-10)8-14(9-16)5-2-6-14/h3-4,7,16H,2,5-6,8-9H2,1H3. The van der Waals surface area contributed by atoms with Gasteiger partial charge >= 0.3 is 0 Å². The molecule has 1 aliphatic carbocycles. The fraction of sp³-hybridized carbons (Fsp3) is 0.500. The summed E-state index contributed by atoms with van der Waals surface area (Å²) in [5.41, 5.74) is 2.62. The largest absolute Gasteiger partial charge is 0.396 e. The van der Waals surface area contributed by atoms with E-state index in [0.717, 1.165) is 16.9 Å². The number of hydrogen-bond donors (Lipinski definition) is 1. The topological polar surface area (TPSA) is 33.1 Å². The van der Waals surface area contributed by atoms with E-state index in [1.165, 1.54) is 29.5 Å². The van der Waals surface area contributed by atoms with Crippen LogP contribution in [0.1, 0.15) is 29.8 Å². The van der Waals surface area contributed by atoms with Crippen molar-refractivity contribution in [1.82, 2.24) is 4.98 Å². The number of benzene rings is 1. The molecule has 3 rings (SSSR count). The minimum absolute atomic E-state index is 0.174. The zero-order valence-electron chi connectivity index (χ0n) is 10.1. The summed E-state index contributed by atoms with van der Waals surface area (Å²) in [5.74, 6) is 0. The Labute approximate surface area is 105 Å². The molecule has 1 aliphatic rings. The highest BCUT2D eigenvalue weighted by Gasteiger charge is 2.36. The van der Waals surface area contributed by atoms with E-state index in [4.69, 9.17) is 0 Å².